The van der Waals surface area contributed by atoms with Crippen molar-refractivity contribution in [2.24, 2.45) is 5.92 Å². The van der Waals surface area contributed by atoms with Gasteiger partial charge in [-0.05, 0) is 101 Å². The maximum absolute atomic E-state index is 13.1. The monoisotopic (exact) mass is 520 g/mol. The van der Waals surface area contributed by atoms with Gasteiger partial charge in [0.15, 0.2) is 5.78 Å². The van der Waals surface area contributed by atoms with Crippen molar-refractivity contribution in [2.75, 3.05) is 5.75 Å². The van der Waals surface area contributed by atoms with Crippen molar-refractivity contribution in [2.45, 2.75) is 57.8 Å². The van der Waals surface area contributed by atoms with Crippen LogP contribution >= 0.6 is 34.4 Å². The van der Waals surface area contributed by atoms with Crippen molar-refractivity contribution in [3.8, 4) is 0 Å². The molecule has 2 aromatic carbocycles. The van der Waals surface area contributed by atoms with Gasteiger partial charge in [-0.2, -0.15) is 0 Å². The van der Waals surface area contributed by atoms with Gasteiger partial charge in [0.25, 0.3) is 0 Å². The first-order valence-electron chi connectivity index (χ1n) is 10.4. The lowest BCUT2D eigenvalue weighted by Gasteiger charge is -2.26. The second-order valence-corrected chi connectivity index (χ2v) is 10.2. The zero-order valence-corrected chi connectivity index (χ0v) is 20.4. The molecule has 29 heavy (non-hydrogen) atoms. The van der Waals surface area contributed by atoms with Crippen LogP contribution in [0.5, 0.6) is 0 Å². The molecule has 1 N–H and O–H groups in total. The predicted molar refractivity (Wildman–Crippen MR) is 132 cm³/mol. The van der Waals surface area contributed by atoms with E-state index in [2.05, 4.69) is 79.8 Å². The Hall–Kier alpha value is -1.27. The Morgan fingerprint density at radius 3 is 2.24 bits per heavy atom. The lowest BCUT2D eigenvalue weighted by Crippen LogP contribution is -2.21. The molecule has 0 amide bonds. The Morgan fingerprint density at radius 2 is 1.69 bits per heavy atom. The molecule has 1 aliphatic rings. The van der Waals surface area contributed by atoms with Gasteiger partial charge in [0.2, 0.25) is 0 Å². The summed E-state index contributed by atoms with van der Waals surface area (Å²) in [6, 6.07) is 12.8. The van der Waals surface area contributed by atoms with Crippen LogP contribution < -0.4 is 0 Å². The van der Waals surface area contributed by atoms with E-state index in [0.717, 1.165) is 30.6 Å². The summed E-state index contributed by atoms with van der Waals surface area (Å²) in [5.41, 5.74) is 5.14. The lowest BCUT2D eigenvalue weighted by atomic mass is 9.79. The SMILES string of the molecule is CCc1cc(C)cc(CC)c1C1=C(O)CC(CCSc2ccc(I)cc2)CC1=O. The highest BCUT2D eigenvalue weighted by atomic mass is 127. The molecule has 0 saturated heterocycles. The minimum absolute atomic E-state index is 0.103. The summed E-state index contributed by atoms with van der Waals surface area (Å²) in [5, 5.41) is 10.9. The van der Waals surface area contributed by atoms with Crippen LogP contribution in [-0.4, -0.2) is 16.6 Å². The standard InChI is InChI=1S/C25H29IO2S/c1-4-18-12-16(3)13-19(5-2)24(18)25-22(27)14-17(15-23(25)28)10-11-29-21-8-6-20(26)7-9-21/h6-9,12-13,17,27H,4-5,10-11,14-15H2,1-3H3. The van der Waals surface area contributed by atoms with Gasteiger partial charge in [-0.1, -0.05) is 31.5 Å². The number of ketones is 1. The van der Waals surface area contributed by atoms with E-state index in [4.69, 9.17) is 0 Å². The zero-order chi connectivity index (χ0) is 21.0. The smallest absolute Gasteiger partial charge is 0.167 e. The molecule has 1 unspecified atom stereocenters. The van der Waals surface area contributed by atoms with E-state index in [1.807, 2.05) is 11.8 Å². The van der Waals surface area contributed by atoms with Gasteiger partial charge in [-0.25, -0.2) is 0 Å². The predicted octanol–water partition coefficient (Wildman–Crippen LogP) is 7.16. The Labute approximate surface area is 192 Å². The number of aliphatic hydroxyl groups excluding tert-OH is 1. The molecular formula is C25H29IO2S. The maximum Gasteiger partial charge on any atom is 0.167 e. The van der Waals surface area contributed by atoms with Gasteiger partial charge < -0.3 is 5.11 Å². The number of benzene rings is 2. The van der Waals surface area contributed by atoms with Gasteiger partial charge in [0.05, 0.1) is 5.57 Å². The van der Waals surface area contributed by atoms with E-state index in [1.54, 1.807) is 0 Å². The molecule has 0 aliphatic heterocycles. The van der Waals surface area contributed by atoms with Gasteiger partial charge in [0.1, 0.15) is 5.76 Å². The summed E-state index contributed by atoms with van der Waals surface area (Å²) in [7, 11) is 0. The van der Waals surface area contributed by atoms with Crippen LogP contribution in [0.3, 0.4) is 0 Å². The third-order valence-electron chi connectivity index (χ3n) is 5.59. The van der Waals surface area contributed by atoms with Crippen LogP contribution in [0.1, 0.15) is 55.4 Å². The summed E-state index contributed by atoms with van der Waals surface area (Å²) >= 11 is 4.14. The molecule has 1 atom stereocenters. The molecule has 4 heteroatoms. The number of thioether (sulfide) groups is 1. The third-order valence-corrected chi connectivity index (χ3v) is 7.35. The third kappa shape index (κ3) is 5.46. The molecular weight excluding hydrogens is 491 g/mol. The van der Waals surface area contributed by atoms with E-state index in [9.17, 15) is 9.90 Å². The van der Waals surface area contributed by atoms with Crippen molar-refractivity contribution in [3.05, 3.63) is 68.0 Å². The van der Waals surface area contributed by atoms with E-state index in [1.165, 1.54) is 25.2 Å². The van der Waals surface area contributed by atoms with Gasteiger partial charge >= 0.3 is 0 Å². The molecule has 0 spiro atoms. The molecule has 0 radical (unpaired) electrons. The van der Waals surface area contributed by atoms with E-state index in [-0.39, 0.29) is 11.7 Å². The molecule has 2 nitrogen and oxygen atoms in total. The fraction of sp³-hybridized carbons (Fsp3) is 0.400. The Balaban J connectivity index is 1.75. The lowest BCUT2D eigenvalue weighted by molar-refractivity contribution is -0.115. The van der Waals surface area contributed by atoms with Crippen LogP contribution in [0.15, 0.2) is 47.1 Å². The number of carbonyl (C=O) groups excluding carboxylic acids is 1. The highest BCUT2D eigenvalue weighted by molar-refractivity contribution is 14.1. The quantitative estimate of drug-likeness (QED) is 0.311. The van der Waals surface area contributed by atoms with Crippen LogP contribution in [0, 0.1) is 16.4 Å². The van der Waals surface area contributed by atoms with E-state index < -0.39 is 0 Å². The van der Waals surface area contributed by atoms with Crippen LogP contribution in [-0.2, 0) is 17.6 Å². The van der Waals surface area contributed by atoms with E-state index >= 15 is 0 Å². The number of hydrogen-bond donors (Lipinski definition) is 1. The Kier molecular flexibility index (Phi) is 7.85. The normalized spacial score (nSPS) is 17.1. The molecule has 0 saturated carbocycles. The molecule has 0 fully saturated rings. The van der Waals surface area contributed by atoms with Crippen LogP contribution in [0.2, 0.25) is 0 Å². The average molecular weight is 520 g/mol. The van der Waals surface area contributed by atoms with Crippen LogP contribution in [0.25, 0.3) is 5.57 Å². The number of rotatable bonds is 7. The number of Topliss-reactive ketones (excluding diaryl/α,β-unsaturated/α-hetero) is 1. The number of allylic oxidation sites excluding steroid dienone is 2. The Morgan fingerprint density at radius 1 is 1.07 bits per heavy atom. The first-order valence-corrected chi connectivity index (χ1v) is 12.5. The first-order chi connectivity index (χ1) is 13.9. The summed E-state index contributed by atoms with van der Waals surface area (Å²) < 4.78 is 1.24. The fourth-order valence-corrected chi connectivity index (χ4v) is 5.53. The first kappa shape index (κ1) is 22.4. The second-order valence-electron chi connectivity index (χ2n) is 7.78. The topological polar surface area (TPSA) is 37.3 Å². The molecule has 0 aromatic heterocycles. The second kappa shape index (κ2) is 10.2. The number of aliphatic hydroxyl groups is 1. The number of hydrogen-bond acceptors (Lipinski definition) is 3. The number of halogens is 1. The van der Waals surface area contributed by atoms with Crippen LogP contribution in [0.4, 0.5) is 0 Å². The highest BCUT2D eigenvalue weighted by Crippen LogP contribution is 2.38. The van der Waals surface area contributed by atoms with Gasteiger partial charge in [-0.15, -0.1) is 11.8 Å². The zero-order valence-electron chi connectivity index (χ0n) is 17.4. The molecule has 2 aromatic rings. The number of aryl methyl sites for hydroxylation is 3. The highest BCUT2D eigenvalue weighted by Gasteiger charge is 2.30. The average Bonchev–Trinajstić information content (AvgIpc) is 2.69. The number of carbonyl (C=O) groups is 1. The Bertz CT molecular complexity index is 890. The molecule has 0 bridgehead atoms. The van der Waals surface area contributed by atoms with Crippen molar-refractivity contribution in [1.82, 2.24) is 0 Å². The summed E-state index contributed by atoms with van der Waals surface area (Å²) in [4.78, 5) is 14.3. The van der Waals surface area contributed by atoms with E-state index in [0.29, 0.717) is 24.2 Å². The van der Waals surface area contributed by atoms with Crippen molar-refractivity contribution in [1.29, 1.82) is 0 Å². The molecule has 0 heterocycles. The largest absolute Gasteiger partial charge is 0.512 e. The minimum Gasteiger partial charge on any atom is -0.512 e. The minimum atomic E-state index is 0.103. The summed E-state index contributed by atoms with van der Waals surface area (Å²) in [6.45, 7) is 6.33. The van der Waals surface area contributed by atoms with Gasteiger partial charge in [-0.3, -0.25) is 4.79 Å². The maximum atomic E-state index is 13.1. The van der Waals surface area contributed by atoms with Crippen molar-refractivity contribution >= 4 is 45.7 Å². The van der Waals surface area contributed by atoms with Crippen molar-refractivity contribution < 1.29 is 9.90 Å². The van der Waals surface area contributed by atoms with Crippen molar-refractivity contribution in [3.63, 3.8) is 0 Å². The fourth-order valence-electron chi connectivity index (χ4n) is 4.16. The molecule has 3 rings (SSSR count). The molecule has 154 valence electrons. The molecule has 1 aliphatic carbocycles. The summed E-state index contributed by atoms with van der Waals surface area (Å²) in [6.07, 6.45) is 3.81. The van der Waals surface area contributed by atoms with Gasteiger partial charge in [0, 0.05) is 21.3 Å². The summed E-state index contributed by atoms with van der Waals surface area (Å²) in [5.74, 6) is 1.58.